The highest BCUT2D eigenvalue weighted by Crippen LogP contribution is 2.24. The van der Waals surface area contributed by atoms with Gasteiger partial charge in [-0.1, -0.05) is 32.1 Å². The summed E-state index contributed by atoms with van der Waals surface area (Å²) in [6.07, 6.45) is 13.1. The van der Waals surface area contributed by atoms with Crippen LogP contribution in [0.1, 0.15) is 26.7 Å². The van der Waals surface area contributed by atoms with Gasteiger partial charge in [-0.3, -0.25) is 4.90 Å². The van der Waals surface area contributed by atoms with Crippen molar-refractivity contribution in [2.45, 2.75) is 32.7 Å². The van der Waals surface area contributed by atoms with E-state index in [-0.39, 0.29) is 0 Å². The van der Waals surface area contributed by atoms with Crippen molar-refractivity contribution >= 4 is 0 Å². The molecule has 0 amide bonds. The van der Waals surface area contributed by atoms with Crippen LogP contribution in [0.25, 0.3) is 0 Å². The lowest BCUT2D eigenvalue weighted by atomic mass is 10.0. The Hall–Kier alpha value is -1.04. The summed E-state index contributed by atoms with van der Waals surface area (Å²) >= 11 is 0. The molecule has 0 aromatic carbocycles. The Balaban J connectivity index is 2.02. The predicted octanol–water partition coefficient (Wildman–Crippen LogP) is 3.31. The molecule has 1 fully saturated rings. The summed E-state index contributed by atoms with van der Waals surface area (Å²) in [4.78, 5) is 2.61. The molecule has 1 aliphatic carbocycles. The van der Waals surface area contributed by atoms with Gasteiger partial charge in [0.05, 0.1) is 0 Å². The molecule has 16 heavy (non-hydrogen) atoms. The molecule has 0 N–H and O–H groups in total. The van der Waals surface area contributed by atoms with Crippen molar-refractivity contribution in [1.29, 1.82) is 0 Å². The SMILES string of the molecule is CC(C)C1CCCN1CC1=C=CC=CC=C1. The molecule has 1 unspecified atom stereocenters. The van der Waals surface area contributed by atoms with Gasteiger partial charge in [-0.05, 0) is 37.5 Å². The fraction of sp³-hybridized carbons (Fsp3) is 0.533. The molecular weight excluding hydrogens is 194 g/mol. The maximum Gasteiger partial charge on any atom is 0.0310 e. The summed E-state index contributed by atoms with van der Waals surface area (Å²) < 4.78 is 0. The maximum absolute atomic E-state index is 3.34. The number of allylic oxidation sites excluding steroid dienone is 3. The quantitative estimate of drug-likeness (QED) is 0.653. The van der Waals surface area contributed by atoms with Gasteiger partial charge in [0.2, 0.25) is 0 Å². The van der Waals surface area contributed by atoms with E-state index in [1.807, 2.05) is 12.2 Å². The van der Waals surface area contributed by atoms with Gasteiger partial charge in [-0.15, -0.1) is 5.73 Å². The molecule has 0 aromatic rings. The van der Waals surface area contributed by atoms with Crippen LogP contribution in [0.2, 0.25) is 0 Å². The van der Waals surface area contributed by atoms with Crippen molar-refractivity contribution in [1.82, 2.24) is 4.90 Å². The zero-order valence-corrected chi connectivity index (χ0v) is 10.3. The summed E-state index contributed by atoms with van der Waals surface area (Å²) in [5.41, 5.74) is 4.65. The highest BCUT2D eigenvalue weighted by atomic mass is 15.2. The third-order valence-electron chi connectivity index (χ3n) is 3.44. The molecule has 2 aliphatic rings. The molecule has 0 aromatic heterocycles. The van der Waals surface area contributed by atoms with Gasteiger partial charge in [0.15, 0.2) is 0 Å². The fourth-order valence-electron chi connectivity index (χ4n) is 2.62. The number of likely N-dealkylation sites (tertiary alicyclic amines) is 1. The Morgan fingerprint density at radius 2 is 2.25 bits per heavy atom. The minimum Gasteiger partial charge on any atom is -0.295 e. The summed E-state index contributed by atoms with van der Waals surface area (Å²) in [5, 5.41) is 0. The smallest absolute Gasteiger partial charge is 0.0310 e. The van der Waals surface area contributed by atoms with Crippen molar-refractivity contribution in [3.05, 3.63) is 41.7 Å². The molecule has 1 heteroatoms. The van der Waals surface area contributed by atoms with Gasteiger partial charge in [-0.2, -0.15) is 0 Å². The predicted molar refractivity (Wildman–Crippen MR) is 69.3 cm³/mol. The van der Waals surface area contributed by atoms with E-state index in [1.165, 1.54) is 25.0 Å². The maximum atomic E-state index is 3.34. The number of nitrogens with zero attached hydrogens (tertiary/aromatic N) is 1. The van der Waals surface area contributed by atoms with Gasteiger partial charge >= 0.3 is 0 Å². The van der Waals surface area contributed by atoms with Crippen LogP contribution in [0, 0.1) is 5.92 Å². The third-order valence-corrected chi connectivity index (χ3v) is 3.44. The minimum atomic E-state index is 0.763. The van der Waals surface area contributed by atoms with E-state index in [4.69, 9.17) is 0 Å². The first-order valence-corrected chi connectivity index (χ1v) is 6.30. The zero-order valence-electron chi connectivity index (χ0n) is 10.3. The summed E-state index contributed by atoms with van der Waals surface area (Å²) in [5.74, 6) is 0.764. The standard InChI is InChI=1S/C15H21N/c1-13(2)15-10-7-11-16(15)12-14-8-5-3-4-6-9-14/h3-6,8,13,15H,7,10-12H2,1-2H3. The molecule has 2 rings (SSSR count). The fourth-order valence-corrected chi connectivity index (χ4v) is 2.62. The Bertz CT molecular complexity index is 354. The zero-order chi connectivity index (χ0) is 11.4. The Morgan fingerprint density at radius 1 is 1.38 bits per heavy atom. The minimum absolute atomic E-state index is 0.763. The lowest BCUT2D eigenvalue weighted by Gasteiger charge is -2.27. The highest BCUT2D eigenvalue weighted by molar-refractivity contribution is 5.29. The first-order chi connectivity index (χ1) is 7.77. The van der Waals surface area contributed by atoms with Crippen LogP contribution in [0.15, 0.2) is 41.7 Å². The van der Waals surface area contributed by atoms with Crippen LogP contribution in [-0.4, -0.2) is 24.0 Å². The van der Waals surface area contributed by atoms with Gasteiger partial charge < -0.3 is 0 Å². The highest BCUT2D eigenvalue weighted by Gasteiger charge is 2.26. The first-order valence-electron chi connectivity index (χ1n) is 6.30. The summed E-state index contributed by atoms with van der Waals surface area (Å²) in [6, 6.07) is 0.763. The molecule has 1 nitrogen and oxygen atoms in total. The van der Waals surface area contributed by atoms with E-state index in [0.29, 0.717) is 0 Å². The Labute approximate surface area is 98.8 Å². The van der Waals surface area contributed by atoms with Crippen molar-refractivity contribution in [3.8, 4) is 0 Å². The average Bonchev–Trinajstić information content (AvgIpc) is 2.55. The molecule has 0 radical (unpaired) electrons. The van der Waals surface area contributed by atoms with Gasteiger partial charge in [-0.25, -0.2) is 0 Å². The van der Waals surface area contributed by atoms with Gasteiger partial charge in [0, 0.05) is 18.2 Å². The van der Waals surface area contributed by atoms with Crippen LogP contribution in [0.3, 0.4) is 0 Å². The average molecular weight is 215 g/mol. The molecule has 1 saturated heterocycles. The van der Waals surface area contributed by atoms with Crippen molar-refractivity contribution < 1.29 is 0 Å². The number of hydrogen-bond acceptors (Lipinski definition) is 1. The lowest BCUT2D eigenvalue weighted by molar-refractivity contribution is 0.224. The Kier molecular flexibility index (Phi) is 3.82. The lowest BCUT2D eigenvalue weighted by Crippen LogP contribution is -2.34. The van der Waals surface area contributed by atoms with Crippen molar-refractivity contribution in [2.24, 2.45) is 5.92 Å². The number of rotatable bonds is 3. The second-order valence-electron chi connectivity index (χ2n) is 5.00. The number of hydrogen-bond donors (Lipinski definition) is 0. The van der Waals surface area contributed by atoms with E-state index in [0.717, 1.165) is 18.5 Å². The van der Waals surface area contributed by atoms with E-state index in [2.05, 4.69) is 42.7 Å². The van der Waals surface area contributed by atoms with Crippen LogP contribution in [0.5, 0.6) is 0 Å². The van der Waals surface area contributed by atoms with Crippen LogP contribution in [0.4, 0.5) is 0 Å². The van der Waals surface area contributed by atoms with E-state index in [1.54, 1.807) is 0 Å². The molecular formula is C15H21N. The summed E-state index contributed by atoms with van der Waals surface area (Å²) in [6.45, 7) is 6.96. The van der Waals surface area contributed by atoms with Crippen molar-refractivity contribution in [3.63, 3.8) is 0 Å². The second kappa shape index (κ2) is 5.34. The van der Waals surface area contributed by atoms with Gasteiger partial charge in [0.1, 0.15) is 0 Å². The van der Waals surface area contributed by atoms with E-state index >= 15 is 0 Å². The topological polar surface area (TPSA) is 3.24 Å². The van der Waals surface area contributed by atoms with Gasteiger partial charge in [0.25, 0.3) is 0 Å². The molecule has 1 atom stereocenters. The molecule has 1 aliphatic heterocycles. The molecule has 0 saturated carbocycles. The largest absolute Gasteiger partial charge is 0.295 e. The monoisotopic (exact) mass is 215 g/mol. The Morgan fingerprint density at radius 3 is 3.06 bits per heavy atom. The molecule has 0 spiro atoms. The van der Waals surface area contributed by atoms with Crippen LogP contribution < -0.4 is 0 Å². The van der Waals surface area contributed by atoms with Crippen LogP contribution in [-0.2, 0) is 0 Å². The van der Waals surface area contributed by atoms with Crippen molar-refractivity contribution in [2.75, 3.05) is 13.1 Å². The third kappa shape index (κ3) is 2.75. The first kappa shape index (κ1) is 11.4. The second-order valence-corrected chi connectivity index (χ2v) is 5.00. The molecule has 0 bridgehead atoms. The molecule has 86 valence electrons. The van der Waals surface area contributed by atoms with E-state index < -0.39 is 0 Å². The molecule has 1 heterocycles. The van der Waals surface area contributed by atoms with E-state index in [9.17, 15) is 0 Å². The normalized spacial score (nSPS) is 25.2. The van der Waals surface area contributed by atoms with Crippen LogP contribution >= 0.6 is 0 Å². The summed E-state index contributed by atoms with van der Waals surface area (Å²) in [7, 11) is 0.